The number of benzene rings is 3. The lowest BCUT2D eigenvalue weighted by Crippen LogP contribution is -2.02. The number of hydrogen-bond donors (Lipinski definition) is 2. The number of nitrogens with one attached hydrogen (secondary N) is 2. The van der Waals surface area contributed by atoms with Crippen LogP contribution in [-0.4, -0.2) is 35.2 Å². The molecule has 0 atom stereocenters. The molecule has 0 bridgehead atoms. The Morgan fingerprint density at radius 3 is 2.44 bits per heavy atom. The topological polar surface area (TPSA) is 88.1 Å². The Balaban J connectivity index is 1.64. The summed E-state index contributed by atoms with van der Waals surface area (Å²) in [5, 5.41) is 17.0. The molecular weight excluding hydrogens is 469 g/mol. The van der Waals surface area contributed by atoms with Crippen LogP contribution in [0, 0.1) is 0 Å². The van der Waals surface area contributed by atoms with Gasteiger partial charge in [-0.25, -0.2) is 10.1 Å². The maximum absolute atomic E-state index is 6.31. The number of halogens is 2. The minimum atomic E-state index is 0.528. The third-order valence-electron chi connectivity index (χ3n) is 5.73. The fourth-order valence-electron chi connectivity index (χ4n) is 4.22. The number of imidazole rings is 1. The summed E-state index contributed by atoms with van der Waals surface area (Å²) in [6.45, 7) is 0.612. The van der Waals surface area contributed by atoms with Crippen LogP contribution in [0.3, 0.4) is 0 Å². The molecule has 7 nitrogen and oxygen atoms in total. The van der Waals surface area contributed by atoms with Gasteiger partial charge in [0.1, 0.15) is 0 Å². The van der Waals surface area contributed by atoms with Crippen molar-refractivity contribution in [1.82, 2.24) is 35.2 Å². The van der Waals surface area contributed by atoms with Crippen molar-refractivity contribution in [1.29, 1.82) is 0 Å². The molecule has 0 saturated carbocycles. The van der Waals surface area contributed by atoms with Gasteiger partial charge < -0.3 is 9.55 Å². The Morgan fingerprint density at radius 1 is 0.882 bits per heavy atom. The first-order chi connectivity index (χ1) is 16.7. The van der Waals surface area contributed by atoms with E-state index in [1.54, 1.807) is 0 Å². The summed E-state index contributed by atoms with van der Waals surface area (Å²) in [4.78, 5) is 8.29. The summed E-state index contributed by atoms with van der Waals surface area (Å²) in [5.41, 5.74) is 6.51. The number of nitrogens with zero attached hydrogens (tertiary/aromatic N) is 5. The summed E-state index contributed by atoms with van der Waals surface area (Å²) in [7, 11) is 0. The second-order valence-corrected chi connectivity index (χ2v) is 8.75. The molecule has 2 N–H and O–H groups in total. The molecule has 166 valence electrons. The van der Waals surface area contributed by atoms with Gasteiger partial charge in [-0.05, 0) is 40.3 Å². The molecule has 0 aliphatic heterocycles. The van der Waals surface area contributed by atoms with E-state index < -0.39 is 0 Å². The molecule has 6 aromatic rings. The van der Waals surface area contributed by atoms with Crippen LogP contribution in [-0.2, 0) is 6.54 Å². The lowest BCUT2D eigenvalue weighted by molar-refractivity contribution is 0.805. The van der Waals surface area contributed by atoms with Crippen LogP contribution in [0.2, 0.25) is 10.0 Å². The van der Waals surface area contributed by atoms with E-state index >= 15 is 0 Å². The predicted molar refractivity (Wildman–Crippen MR) is 134 cm³/mol. The molecule has 0 fully saturated rings. The lowest BCUT2D eigenvalue weighted by Gasteiger charge is -2.12. The molecule has 3 aromatic carbocycles. The first-order valence-corrected chi connectivity index (χ1v) is 11.3. The van der Waals surface area contributed by atoms with Crippen LogP contribution in [0.25, 0.3) is 44.9 Å². The van der Waals surface area contributed by atoms with Crippen molar-refractivity contribution in [2.75, 3.05) is 0 Å². The molecule has 6 rings (SSSR count). The fourth-order valence-corrected chi connectivity index (χ4v) is 4.51. The van der Waals surface area contributed by atoms with E-state index in [4.69, 9.17) is 28.2 Å². The Labute approximate surface area is 204 Å². The van der Waals surface area contributed by atoms with Gasteiger partial charge in [-0.15, -0.1) is 5.10 Å². The van der Waals surface area contributed by atoms with Gasteiger partial charge in [0.25, 0.3) is 0 Å². The highest BCUT2D eigenvalue weighted by molar-refractivity contribution is 6.31. The van der Waals surface area contributed by atoms with Crippen LogP contribution in [0.5, 0.6) is 0 Å². The number of fused-ring (bicyclic) bond motifs is 1. The van der Waals surface area contributed by atoms with E-state index in [9.17, 15) is 0 Å². The largest absolute Gasteiger partial charge is 0.351 e. The summed E-state index contributed by atoms with van der Waals surface area (Å²) in [6.07, 6.45) is 1.86. The van der Waals surface area contributed by atoms with Crippen molar-refractivity contribution < 1.29 is 0 Å². The summed E-state index contributed by atoms with van der Waals surface area (Å²) >= 11 is 12.4. The highest BCUT2D eigenvalue weighted by Crippen LogP contribution is 2.42. The fraction of sp³-hybridized carbons (Fsp3) is 0.0400. The minimum Gasteiger partial charge on any atom is -0.351 e. The Kier molecular flexibility index (Phi) is 5.13. The van der Waals surface area contributed by atoms with Gasteiger partial charge in [0.2, 0.25) is 0 Å². The average Bonchev–Trinajstić information content (AvgIpc) is 3.59. The van der Waals surface area contributed by atoms with Gasteiger partial charge in [-0.2, -0.15) is 0 Å². The van der Waals surface area contributed by atoms with Crippen LogP contribution >= 0.6 is 23.2 Å². The molecule has 34 heavy (non-hydrogen) atoms. The second-order valence-electron chi connectivity index (χ2n) is 7.88. The van der Waals surface area contributed by atoms with Gasteiger partial charge in [0.05, 0.1) is 23.4 Å². The predicted octanol–water partition coefficient (Wildman–Crippen LogP) is 6.23. The van der Waals surface area contributed by atoms with E-state index in [0.29, 0.717) is 22.4 Å². The lowest BCUT2D eigenvalue weighted by atomic mass is 10.0. The molecule has 0 aliphatic carbocycles. The van der Waals surface area contributed by atoms with Gasteiger partial charge in [-0.1, -0.05) is 71.7 Å². The molecule has 0 aliphatic rings. The van der Waals surface area contributed by atoms with E-state index in [2.05, 4.69) is 42.3 Å². The van der Waals surface area contributed by atoms with Crippen molar-refractivity contribution >= 4 is 34.1 Å². The van der Waals surface area contributed by atoms with Crippen LogP contribution < -0.4 is 0 Å². The van der Waals surface area contributed by atoms with Crippen LogP contribution in [0.15, 0.2) is 79.1 Å². The highest BCUT2D eigenvalue weighted by atomic mass is 35.5. The number of H-pyrrole nitrogens is 2. The molecule has 0 radical (unpaired) electrons. The van der Waals surface area contributed by atoms with E-state index in [1.807, 2.05) is 67.0 Å². The van der Waals surface area contributed by atoms with E-state index in [-0.39, 0.29) is 0 Å². The molecule has 9 heteroatoms. The number of rotatable bonds is 5. The number of aromatic amines is 2. The Morgan fingerprint density at radius 2 is 1.68 bits per heavy atom. The third kappa shape index (κ3) is 3.65. The van der Waals surface area contributed by atoms with Gasteiger partial charge in [0, 0.05) is 38.6 Å². The van der Waals surface area contributed by atoms with Crippen LogP contribution in [0.1, 0.15) is 5.56 Å². The first kappa shape index (κ1) is 20.7. The maximum atomic E-state index is 6.31. The third-order valence-corrected chi connectivity index (χ3v) is 6.22. The zero-order chi connectivity index (χ0) is 23.1. The second kappa shape index (κ2) is 8.44. The maximum Gasteiger partial charge on any atom is 0.196 e. The van der Waals surface area contributed by atoms with Crippen molar-refractivity contribution in [3.63, 3.8) is 0 Å². The summed E-state index contributed by atoms with van der Waals surface area (Å²) < 4.78 is 2.14. The van der Waals surface area contributed by atoms with Crippen molar-refractivity contribution in [2.24, 2.45) is 0 Å². The molecule has 3 heterocycles. The molecular formula is C25H17Cl2N7. The van der Waals surface area contributed by atoms with Gasteiger partial charge in [-0.3, -0.25) is 0 Å². The number of hydrogen-bond acceptors (Lipinski definition) is 4. The average molecular weight is 486 g/mol. The molecule has 3 aromatic heterocycles. The number of aromatic nitrogens is 7. The monoisotopic (exact) mass is 485 g/mol. The van der Waals surface area contributed by atoms with Gasteiger partial charge in [0.15, 0.2) is 5.82 Å². The molecule has 0 amide bonds. The quantitative estimate of drug-likeness (QED) is 0.302. The van der Waals surface area contributed by atoms with E-state index in [1.165, 1.54) is 0 Å². The minimum absolute atomic E-state index is 0.528. The van der Waals surface area contributed by atoms with Crippen molar-refractivity contribution in [2.45, 2.75) is 6.54 Å². The number of tetrazole rings is 1. The zero-order valence-corrected chi connectivity index (χ0v) is 19.2. The van der Waals surface area contributed by atoms with E-state index in [0.717, 1.165) is 44.7 Å². The zero-order valence-electron chi connectivity index (χ0n) is 17.7. The molecule has 0 unspecified atom stereocenters. The smallest absolute Gasteiger partial charge is 0.196 e. The molecule has 0 spiro atoms. The normalized spacial score (nSPS) is 11.4. The molecule has 0 saturated heterocycles. The summed E-state index contributed by atoms with van der Waals surface area (Å²) in [6, 6.07) is 23.7. The standard InChI is InChI=1S/C25H17Cl2N7/c26-17-8-6-15(7-9-17)13-34-14-28-22(16-4-2-1-3-5-16)24(34)21-19-11-10-18(27)12-20(19)29-23(21)25-30-32-33-31-25/h1-12,14,29H,13H2,(H,30,31,32,33). The van der Waals surface area contributed by atoms with Crippen molar-refractivity contribution in [3.05, 3.63) is 94.7 Å². The van der Waals surface area contributed by atoms with Crippen LogP contribution in [0.4, 0.5) is 0 Å². The van der Waals surface area contributed by atoms with Gasteiger partial charge >= 0.3 is 0 Å². The highest BCUT2D eigenvalue weighted by Gasteiger charge is 2.24. The Bertz CT molecular complexity index is 1580. The summed E-state index contributed by atoms with van der Waals surface area (Å²) in [5.74, 6) is 0.528. The Hall–Kier alpha value is -3.94. The van der Waals surface area contributed by atoms with Crippen molar-refractivity contribution in [3.8, 4) is 34.0 Å². The first-order valence-electron chi connectivity index (χ1n) is 10.6. The SMILES string of the molecule is Clc1ccc(Cn2cnc(-c3ccccc3)c2-c2c(-c3nnn[nH]3)[nH]c3cc(Cl)ccc23)cc1.